The molecular weight excluding hydrogens is 228 g/mol. The van der Waals surface area contributed by atoms with Crippen molar-refractivity contribution in [1.82, 2.24) is 0 Å². The van der Waals surface area contributed by atoms with E-state index >= 15 is 0 Å². The lowest BCUT2D eigenvalue weighted by atomic mass is 9.78. The molecule has 0 aromatic rings. The molecule has 0 amide bonds. The van der Waals surface area contributed by atoms with Gasteiger partial charge in [-0.15, -0.1) is 0 Å². The SMILES string of the molecule is COC(C)(C)[C@H]1C=C[C@](C)(O[Si](C)(C)C)CC1. The van der Waals surface area contributed by atoms with Gasteiger partial charge in [0.25, 0.3) is 0 Å². The summed E-state index contributed by atoms with van der Waals surface area (Å²) in [6.07, 6.45) is 6.76. The largest absolute Gasteiger partial charge is 0.409 e. The van der Waals surface area contributed by atoms with E-state index in [2.05, 4.69) is 52.6 Å². The molecule has 1 aliphatic carbocycles. The molecule has 2 nitrogen and oxygen atoms in total. The summed E-state index contributed by atoms with van der Waals surface area (Å²) in [6, 6.07) is 0. The molecule has 0 heterocycles. The molecule has 0 radical (unpaired) electrons. The second-order valence-corrected chi connectivity index (χ2v) is 11.3. The molecule has 0 N–H and O–H groups in total. The van der Waals surface area contributed by atoms with E-state index in [1.165, 1.54) is 0 Å². The summed E-state index contributed by atoms with van der Waals surface area (Å²) >= 11 is 0. The minimum Gasteiger partial charge on any atom is -0.409 e. The summed E-state index contributed by atoms with van der Waals surface area (Å²) in [5.41, 5.74) is -0.137. The highest BCUT2D eigenvalue weighted by atomic mass is 28.4. The highest BCUT2D eigenvalue weighted by Gasteiger charge is 2.36. The van der Waals surface area contributed by atoms with Gasteiger partial charge in [-0.3, -0.25) is 0 Å². The van der Waals surface area contributed by atoms with Crippen LogP contribution in [0.25, 0.3) is 0 Å². The van der Waals surface area contributed by atoms with E-state index in [4.69, 9.17) is 9.16 Å². The molecule has 3 heteroatoms. The summed E-state index contributed by atoms with van der Waals surface area (Å²) < 4.78 is 11.8. The summed E-state index contributed by atoms with van der Waals surface area (Å²) in [6.45, 7) is 13.3. The highest BCUT2D eigenvalue weighted by Crippen LogP contribution is 2.36. The minimum atomic E-state index is -1.48. The van der Waals surface area contributed by atoms with Crippen LogP contribution in [-0.4, -0.2) is 26.6 Å². The Labute approximate surface area is 108 Å². The maximum Gasteiger partial charge on any atom is 0.184 e. The van der Waals surface area contributed by atoms with Crippen molar-refractivity contribution < 1.29 is 9.16 Å². The van der Waals surface area contributed by atoms with Gasteiger partial charge in [-0.2, -0.15) is 0 Å². The molecule has 0 aliphatic heterocycles. The third-order valence-corrected chi connectivity index (χ3v) is 4.67. The average Bonchev–Trinajstić information content (AvgIpc) is 2.15. The van der Waals surface area contributed by atoms with Crippen molar-refractivity contribution in [2.45, 2.75) is 64.5 Å². The zero-order valence-electron chi connectivity index (χ0n) is 12.5. The van der Waals surface area contributed by atoms with Gasteiger partial charge in [0.15, 0.2) is 8.32 Å². The first-order valence-corrected chi connectivity index (χ1v) is 9.93. The van der Waals surface area contributed by atoms with Crippen molar-refractivity contribution in [3.8, 4) is 0 Å². The summed E-state index contributed by atoms with van der Waals surface area (Å²) in [5, 5.41) is 0. The van der Waals surface area contributed by atoms with E-state index in [9.17, 15) is 0 Å². The second-order valence-electron chi connectivity index (χ2n) is 6.84. The average molecular weight is 256 g/mol. The first-order chi connectivity index (χ1) is 7.58. The number of hydrogen-bond acceptors (Lipinski definition) is 2. The van der Waals surface area contributed by atoms with Crippen LogP contribution in [0.3, 0.4) is 0 Å². The molecule has 0 saturated heterocycles. The van der Waals surface area contributed by atoms with Gasteiger partial charge in [-0.25, -0.2) is 0 Å². The summed E-state index contributed by atoms with van der Waals surface area (Å²) in [5.74, 6) is 0.491. The van der Waals surface area contributed by atoms with Crippen molar-refractivity contribution in [3.05, 3.63) is 12.2 Å². The number of ether oxygens (including phenoxy) is 1. The molecule has 0 bridgehead atoms. The number of methoxy groups -OCH3 is 1. The fourth-order valence-electron chi connectivity index (χ4n) is 2.46. The molecule has 17 heavy (non-hydrogen) atoms. The Balaban J connectivity index is 2.72. The molecule has 0 saturated carbocycles. The fraction of sp³-hybridized carbons (Fsp3) is 0.857. The second kappa shape index (κ2) is 4.86. The first kappa shape index (κ1) is 14.9. The Morgan fingerprint density at radius 1 is 1.29 bits per heavy atom. The number of rotatable bonds is 4. The molecular formula is C14H28O2Si. The van der Waals surface area contributed by atoms with Crippen LogP contribution in [0.5, 0.6) is 0 Å². The Bertz CT molecular complexity index is 291. The lowest BCUT2D eigenvalue weighted by molar-refractivity contribution is -0.0248. The van der Waals surface area contributed by atoms with Gasteiger partial charge in [0, 0.05) is 13.0 Å². The smallest absolute Gasteiger partial charge is 0.184 e. The van der Waals surface area contributed by atoms with Gasteiger partial charge in [-0.1, -0.05) is 12.2 Å². The van der Waals surface area contributed by atoms with Crippen LogP contribution in [0.1, 0.15) is 33.6 Å². The zero-order valence-corrected chi connectivity index (χ0v) is 13.5. The Morgan fingerprint density at radius 3 is 2.24 bits per heavy atom. The minimum absolute atomic E-state index is 0.0647. The van der Waals surface area contributed by atoms with E-state index in [0.717, 1.165) is 12.8 Å². The Hall–Kier alpha value is -0.123. The van der Waals surface area contributed by atoms with E-state index in [0.29, 0.717) is 5.92 Å². The van der Waals surface area contributed by atoms with Gasteiger partial charge < -0.3 is 9.16 Å². The monoisotopic (exact) mass is 256 g/mol. The molecule has 1 rings (SSSR count). The summed E-state index contributed by atoms with van der Waals surface area (Å²) in [7, 11) is 0.316. The van der Waals surface area contributed by atoms with Crippen LogP contribution >= 0.6 is 0 Å². The number of hydrogen-bond donors (Lipinski definition) is 0. The lowest BCUT2D eigenvalue weighted by Gasteiger charge is -2.41. The molecule has 0 unspecified atom stereocenters. The van der Waals surface area contributed by atoms with Crippen LogP contribution in [0.4, 0.5) is 0 Å². The maximum absolute atomic E-state index is 6.27. The van der Waals surface area contributed by atoms with Crippen LogP contribution in [0, 0.1) is 5.92 Å². The van der Waals surface area contributed by atoms with Crippen molar-refractivity contribution in [3.63, 3.8) is 0 Å². The maximum atomic E-state index is 6.27. The van der Waals surface area contributed by atoms with Crippen molar-refractivity contribution in [1.29, 1.82) is 0 Å². The third kappa shape index (κ3) is 4.23. The van der Waals surface area contributed by atoms with Crippen LogP contribution in [0.2, 0.25) is 19.6 Å². The molecule has 0 aromatic heterocycles. The molecule has 0 aromatic carbocycles. The fourth-order valence-corrected chi connectivity index (χ4v) is 4.03. The topological polar surface area (TPSA) is 18.5 Å². The lowest BCUT2D eigenvalue weighted by Crippen LogP contribution is -2.43. The zero-order chi connectivity index (χ0) is 13.3. The normalized spacial score (nSPS) is 30.6. The van der Waals surface area contributed by atoms with Gasteiger partial charge >= 0.3 is 0 Å². The molecule has 1 aliphatic rings. The van der Waals surface area contributed by atoms with E-state index in [1.54, 1.807) is 7.11 Å². The molecule has 2 atom stereocenters. The predicted molar refractivity (Wildman–Crippen MR) is 75.8 cm³/mol. The standard InChI is InChI=1S/C14H28O2Si/c1-13(2,15-4)12-8-10-14(3,11-9-12)16-17(5,6)7/h8,10,12H,9,11H2,1-7H3/t12-,14-/m0/s1. The van der Waals surface area contributed by atoms with Gasteiger partial charge in [0.05, 0.1) is 11.2 Å². The van der Waals surface area contributed by atoms with Gasteiger partial charge in [0.1, 0.15) is 0 Å². The predicted octanol–water partition coefficient (Wildman–Crippen LogP) is 3.99. The van der Waals surface area contributed by atoms with Crippen LogP contribution in [0.15, 0.2) is 12.2 Å². The van der Waals surface area contributed by atoms with E-state index < -0.39 is 8.32 Å². The first-order valence-electron chi connectivity index (χ1n) is 6.53. The van der Waals surface area contributed by atoms with E-state index in [1.807, 2.05) is 0 Å². The molecule has 0 fully saturated rings. The van der Waals surface area contributed by atoms with Crippen molar-refractivity contribution in [2.24, 2.45) is 5.92 Å². The Morgan fingerprint density at radius 2 is 1.88 bits per heavy atom. The van der Waals surface area contributed by atoms with Crippen molar-refractivity contribution in [2.75, 3.05) is 7.11 Å². The van der Waals surface area contributed by atoms with Crippen LogP contribution < -0.4 is 0 Å². The quantitative estimate of drug-likeness (QED) is 0.559. The van der Waals surface area contributed by atoms with E-state index in [-0.39, 0.29) is 11.2 Å². The highest BCUT2D eigenvalue weighted by molar-refractivity contribution is 6.69. The van der Waals surface area contributed by atoms with Crippen LogP contribution in [-0.2, 0) is 9.16 Å². The molecule has 100 valence electrons. The van der Waals surface area contributed by atoms with Gasteiger partial charge in [0.2, 0.25) is 0 Å². The van der Waals surface area contributed by atoms with Crippen molar-refractivity contribution >= 4 is 8.32 Å². The molecule has 0 spiro atoms. The summed E-state index contributed by atoms with van der Waals surface area (Å²) in [4.78, 5) is 0. The third-order valence-electron chi connectivity index (χ3n) is 3.59. The Kier molecular flexibility index (Phi) is 4.27. The van der Waals surface area contributed by atoms with Gasteiger partial charge in [-0.05, 0) is 53.3 Å².